The van der Waals surface area contributed by atoms with Crippen LogP contribution in [0.5, 0.6) is 0 Å². The Balaban J connectivity index is 2.02. The average Bonchev–Trinajstić information content (AvgIpc) is 2.92. The minimum Gasteiger partial charge on any atom is -0.338 e. The number of rotatable bonds is 5. The van der Waals surface area contributed by atoms with Crippen LogP contribution >= 0.6 is 23.2 Å². The molecule has 0 radical (unpaired) electrons. The van der Waals surface area contributed by atoms with Crippen LogP contribution in [0, 0.1) is 5.92 Å². The Kier molecular flexibility index (Phi) is 6.32. The fourth-order valence-corrected chi connectivity index (χ4v) is 3.56. The van der Waals surface area contributed by atoms with Gasteiger partial charge in [-0.15, -0.1) is 0 Å². The van der Waals surface area contributed by atoms with Gasteiger partial charge < -0.3 is 4.90 Å². The third kappa shape index (κ3) is 4.60. The van der Waals surface area contributed by atoms with Crippen LogP contribution in [-0.2, 0) is 4.79 Å². The van der Waals surface area contributed by atoms with Gasteiger partial charge in [-0.05, 0) is 43.4 Å². The first kappa shape index (κ1) is 18.5. The number of nitrogens with one attached hydrogen (secondary N) is 2. The van der Waals surface area contributed by atoms with Gasteiger partial charge in [-0.25, -0.2) is 5.43 Å². The standard InChI is InChI=1S/C17H25Cl2N3O/c1-10(2)7-13-9-16(21-20-13)17(23)22(4)11(3)14-6-5-12(18)8-15(14)19/h5-6,8,10-11,13,16,20-21H,7,9H2,1-4H3. The summed E-state index contributed by atoms with van der Waals surface area (Å²) in [6.45, 7) is 6.35. The van der Waals surface area contributed by atoms with E-state index in [2.05, 4.69) is 24.7 Å². The molecule has 1 aromatic rings. The number of benzene rings is 1. The molecule has 23 heavy (non-hydrogen) atoms. The summed E-state index contributed by atoms with van der Waals surface area (Å²) in [6, 6.07) is 5.41. The molecule has 0 aliphatic carbocycles. The molecule has 1 heterocycles. The number of carbonyl (C=O) groups excluding carboxylic acids is 1. The molecule has 3 atom stereocenters. The summed E-state index contributed by atoms with van der Waals surface area (Å²) in [6.07, 6.45) is 1.86. The first-order valence-electron chi connectivity index (χ1n) is 8.02. The van der Waals surface area contributed by atoms with Gasteiger partial charge in [-0.2, -0.15) is 0 Å². The number of hydrazine groups is 1. The van der Waals surface area contributed by atoms with Gasteiger partial charge >= 0.3 is 0 Å². The van der Waals surface area contributed by atoms with Gasteiger partial charge in [0, 0.05) is 23.1 Å². The molecule has 1 aliphatic rings. The molecule has 1 aliphatic heterocycles. The summed E-state index contributed by atoms with van der Waals surface area (Å²) in [7, 11) is 1.81. The van der Waals surface area contributed by atoms with E-state index in [1.54, 1.807) is 17.0 Å². The highest BCUT2D eigenvalue weighted by Crippen LogP contribution is 2.29. The van der Waals surface area contributed by atoms with Gasteiger partial charge in [0.15, 0.2) is 0 Å². The molecule has 0 aromatic heterocycles. The molecular weight excluding hydrogens is 333 g/mol. The minimum atomic E-state index is -0.197. The molecule has 1 fully saturated rings. The molecule has 4 nitrogen and oxygen atoms in total. The number of amides is 1. The van der Waals surface area contributed by atoms with Crippen molar-refractivity contribution < 1.29 is 4.79 Å². The highest BCUT2D eigenvalue weighted by atomic mass is 35.5. The topological polar surface area (TPSA) is 44.4 Å². The van der Waals surface area contributed by atoms with Gasteiger partial charge in [-0.1, -0.05) is 43.1 Å². The molecule has 3 unspecified atom stereocenters. The highest BCUT2D eigenvalue weighted by Gasteiger charge is 2.33. The van der Waals surface area contributed by atoms with Crippen LogP contribution in [0.3, 0.4) is 0 Å². The van der Waals surface area contributed by atoms with Crippen LogP contribution in [-0.4, -0.2) is 29.9 Å². The van der Waals surface area contributed by atoms with E-state index >= 15 is 0 Å². The number of halogens is 2. The average molecular weight is 358 g/mol. The quantitative estimate of drug-likeness (QED) is 0.842. The lowest BCUT2D eigenvalue weighted by Gasteiger charge is -2.28. The zero-order chi connectivity index (χ0) is 17.1. The van der Waals surface area contributed by atoms with Crippen molar-refractivity contribution in [2.45, 2.75) is 51.7 Å². The first-order valence-corrected chi connectivity index (χ1v) is 8.77. The molecule has 128 valence electrons. The second kappa shape index (κ2) is 7.84. The summed E-state index contributed by atoms with van der Waals surface area (Å²) < 4.78 is 0. The zero-order valence-corrected chi connectivity index (χ0v) is 15.6. The molecule has 2 N–H and O–H groups in total. The Labute approximate surface area is 148 Å². The number of likely N-dealkylation sites (N-methyl/N-ethyl adjacent to an activating group) is 1. The van der Waals surface area contributed by atoms with Crippen molar-refractivity contribution in [3.05, 3.63) is 33.8 Å². The van der Waals surface area contributed by atoms with Crippen LogP contribution in [0.1, 0.15) is 45.2 Å². The number of hydrogen-bond donors (Lipinski definition) is 2. The molecule has 2 rings (SSSR count). The monoisotopic (exact) mass is 357 g/mol. The second-order valence-electron chi connectivity index (χ2n) is 6.69. The maximum absolute atomic E-state index is 12.7. The summed E-state index contributed by atoms with van der Waals surface area (Å²) in [5.41, 5.74) is 7.26. The van der Waals surface area contributed by atoms with Crippen molar-refractivity contribution in [2.24, 2.45) is 5.92 Å². The maximum atomic E-state index is 12.7. The fourth-order valence-electron chi connectivity index (χ4n) is 2.99. The van der Waals surface area contributed by atoms with Gasteiger partial charge in [-0.3, -0.25) is 10.2 Å². The van der Waals surface area contributed by atoms with E-state index in [-0.39, 0.29) is 18.0 Å². The van der Waals surface area contributed by atoms with Crippen LogP contribution in [0.4, 0.5) is 0 Å². The number of nitrogens with zero attached hydrogens (tertiary/aromatic N) is 1. The first-order chi connectivity index (χ1) is 10.8. The van der Waals surface area contributed by atoms with E-state index in [1.165, 1.54) is 0 Å². The Bertz CT molecular complexity index is 565. The molecule has 0 bridgehead atoms. The zero-order valence-electron chi connectivity index (χ0n) is 14.1. The van der Waals surface area contributed by atoms with Crippen molar-refractivity contribution in [3.8, 4) is 0 Å². The molecule has 1 amide bonds. The van der Waals surface area contributed by atoms with Crippen LogP contribution < -0.4 is 10.9 Å². The Morgan fingerprint density at radius 2 is 2.00 bits per heavy atom. The van der Waals surface area contributed by atoms with E-state index in [0.29, 0.717) is 22.0 Å². The van der Waals surface area contributed by atoms with Gasteiger partial charge in [0.05, 0.1) is 6.04 Å². The predicted molar refractivity (Wildman–Crippen MR) is 95.6 cm³/mol. The Hall–Kier alpha value is -0.810. The van der Waals surface area contributed by atoms with Gasteiger partial charge in [0.25, 0.3) is 0 Å². The molecule has 6 heteroatoms. The maximum Gasteiger partial charge on any atom is 0.241 e. The van der Waals surface area contributed by atoms with E-state index in [1.807, 2.05) is 20.0 Å². The fraction of sp³-hybridized carbons (Fsp3) is 0.588. The van der Waals surface area contributed by atoms with Gasteiger partial charge in [0.1, 0.15) is 6.04 Å². The predicted octanol–water partition coefficient (Wildman–Crippen LogP) is 3.79. The Morgan fingerprint density at radius 1 is 1.30 bits per heavy atom. The van der Waals surface area contributed by atoms with Crippen LogP contribution in [0.2, 0.25) is 10.0 Å². The lowest BCUT2D eigenvalue weighted by Crippen LogP contribution is -2.45. The lowest BCUT2D eigenvalue weighted by molar-refractivity contribution is -0.133. The number of hydrogen-bond acceptors (Lipinski definition) is 3. The van der Waals surface area contributed by atoms with Crippen molar-refractivity contribution in [1.29, 1.82) is 0 Å². The van der Waals surface area contributed by atoms with E-state index in [0.717, 1.165) is 18.4 Å². The SMILES string of the molecule is CC(C)CC1CC(C(=O)N(C)C(C)c2ccc(Cl)cc2Cl)NN1. The minimum absolute atomic E-state index is 0.0715. The summed E-state index contributed by atoms with van der Waals surface area (Å²) in [4.78, 5) is 14.5. The highest BCUT2D eigenvalue weighted by molar-refractivity contribution is 6.35. The van der Waals surface area contributed by atoms with Gasteiger partial charge in [0.2, 0.25) is 5.91 Å². The lowest BCUT2D eigenvalue weighted by atomic mass is 9.99. The normalized spacial score (nSPS) is 22.4. The Morgan fingerprint density at radius 3 is 2.61 bits per heavy atom. The van der Waals surface area contributed by atoms with Crippen molar-refractivity contribution in [3.63, 3.8) is 0 Å². The third-order valence-corrected chi connectivity index (χ3v) is 4.94. The molecular formula is C17H25Cl2N3O. The van der Waals surface area contributed by atoms with Crippen molar-refractivity contribution in [1.82, 2.24) is 15.8 Å². The summed E-state index contributed by atoms with van der Waals surface area (Å²) >= 11 is 12.2. The van der Waals surface area contributed by atoms with Crippen molar-refractivity contribution in [2.75, 3.05) is 7.05 Å². The summed E-state index contributed by atoms with van der Waals surface area (Å²) in [5.74, 6) is 0.676. The third-order valence-electron chi connectivity index (χ3n) is 4.38. The molecule has 0 spiro atoms. The molecule has 1 aromatic carbocycles. The van der Waals surface area contributed by atoms with Crippen molar-refractivity contribution >= 4 is 29.1 Å². The van der Waals surface area contributed by atoms with E-state index in [9.17, 15) is 4.79 Å². The smallest absolute Gasteiger partial charge is 0.241 e. The second-order valence-corrected chi connectivity index (χ2v) is 7.54. The molecule has 0 saturated carbocycles. The van der Waals surface area contributed by atoms with Crippen LogP contribution in [0.15, 0.2) is 18.2 Å². The van der Waals surface area contributed by atoms with Crippen LogP contribution in [0.25, 0.3) is 0 Å². The largest absolute Gasteiger partial charge is 0.338 e. The van der Waals surface area contributed by atoms with E-state index in [4.69, 9.17) is 23.2 Å². The molecule has 1 saturated heterocycles. The number of carbonyl (C=O) groups is 1. The van der Waals surface area contributed by atoms with E-state index < -0.39 is 0 Å². The summed E-state index contributed by atoms with van der Waals surface area (Å²) in [5, 5.41) is 1.18.